The first kappa shape index (κ1) is 90.2. The minimum Gasteiger partial charge on any atom is -0.393 e. The molecule has 4 aromatic heterocycles. The molecule has 122 heavy (non-hydrogen) atoms. The summed E-state index contributed by atoms with van der Waals surface area (Å²) in [5.74, 6) is 14.8. The van der Waals surface area contributed by atoms with Gasteiger partial charge in [-0.25, -0.2) is 0 Å². The van der Waals surface area contributed by atoms with Crippen molar-refractivity contribution in [3.05, 3.63) is 126 Å². The normalized spacial score (nSPS) is 45.2. The van der Waals surface area contributed by atoms with Crippen LogP contribution in [0.4, 0.5) is 0 Å². The van der Waals surface area contributed by atoms with E-state index in [0.29, 0.717) is 80.6 Å². The highest BCUT2D eigenvalue weighted by molar-refractivity contribution is 5.96. The zero-order valence-corrected chi connectivity index (χ0v) is 76.8. The van der Waals surface area contributed by atoms with Crippen molar-refractivity contribution in [3.8, 4) is 0 Å². The van der Waals surface area contributed by atoms with Crippen LogP contribution in [0.2, 0.25) is 0 Å². The molecule has 13 nitrogen and oxygen atoms in total. The van der Waals surface area contributed by atoms with Gasteiger partial charge in [0.05, 0.1) is 30.0 Å². The van der Waals surface area contributed by atoms with Crippen molar-refractivity contribution < 1.29 is 44.7 Å². The predicted molar refractivity (Wildman–Crippen MR) is 484 cm³/mol. The zero-order chi connectivity index (χ0) is 85.9. The first-order valence-electron chi connectivity index (χ1n) is 50.1. The number of hydrogen-bond donors (Lipinski definition) is 5. The Bertz CT molecular complexity index is 4240. The van der Waals surface area contributed by atoms with Crippen LogP contribution in [-0.2, 0) is 27.2 Å². The average molecular weight is 1670 g/mol. The molecule has 0 bridgehead atoms. The molecule has 4 aromatic rings. The van der Waals surface area contributed by atoms with Crippen molar-refractivity contribution >= 4 is 29.7 Å². The van der Waals surface area contributed by atoms with E-state index >= 15 is 0 Å². The van der Waals surface area contributed by atoms with Crippen LogP contribution in [-0.4, -0.2) is 99.1 Å². The number of aromatic nitrogens is 4. The Kier molecular flexibility index (Phi) is 26.9. The number of rotatable bonds is 13. The van der Waals surface area contributed by atoms with E-state index in [4.69, 9.17) is 0 Å². The lowest BCUT2D eigenvalue weighted by Crippen LogP contribution is -2.55. The first-order chi connectivity index (χ1) is 58.4. The monoisotopic (exact) mass is 1670 g/mol. The highest BCUT2D eigenvalue weighted by Crippen LogP contribution is 2.73. The summed E-state index contributed by atoms with van der Waals surface area (Å²) < 4.78 is 0. The minimum atomic E-state index is -0.609. The molecule has 4 unspecified atom stereocenters. The number of aliphatic hydroxyl groups excluding tert-OH is 4. The van der Waals surface area contributed by atoms with Crippen LogP contribution in [0, 0.1) is 162 Å². The number of carbonyl (C=O) groups is 4. The third-order valence-corrected chi connectivity index (χ3v) is 41.5. The van der Waals surface area contributed by atoms with E-state index in [-0.39, 0.29) is 57.9 Å². The lowest BCUT2D eigenvalue weighted by molar-refractivity contribution is -0.144. The molecule has 20 rings (SSSR count). The topological polar surface area (TPSA) is 221 Å². The Hall–Kier alpha value is -5.18. The van der Waals surface area contributed by atoms with Crippen LogP contribution < -0.4 is 0 Å². The number of fused-ring (bicyclic) bond motifs is 20. The van der Waals surface area contributed by atoms with Crippen LogP contribution in [0.3, 0.4) is 0 Å². The number of aliphatic hydroxyl groups is 5. The molecule has 0 radical (unpaired) electrons. The quantitative estimate of drug-likeness (QED) is 0.0622. The number of nitrogens with zero attached hydrogens (tertiary/aromatic N) is 4. The summed E-state index contributed by atoms with van der Waals surface area (Å²) in [7, 11) is 0. The van der Waals surface area contributed by atoms with Crippen molar-refractivity contribution in [2.45, 2.75) is 356 Å². The fourth-order valence-electron chi connectivity index (χ4n) is 34.9. The number of carbonyl (C=O) groups excluding carboxylic acids is 4. The summed E-state index contributed by atoms with van der Waals surface area (Å²) in [6.07, 6.45) is 64.9. The molecule has 0 aliphatic heterocycles. The van der Waals surface area contributed by atoms with E-state index in [1.165, 1.54) is 178 Å². The van der Waals surface area contributed by atoms with Crippen molar-refractivity contribution in [3.63, 3.8) is 0 Å². The van der Waals surface area contributed by atoms with E-state index < -0.39 is 5.60 Å². The van der Waals surface area contributed by atoms with Gasteiger partial charge in [-0.1, -0.05) is 73.6 Å². The predicted octanol–water partition coefficient (Wildman–Crippen LogP) is 22.6. The van der Waals surface area contributed by atoms with Gasteiger partial charge < -0.3 is 25.5 Å². The van der Waals surface area contributed by atoms with Gasteiger partial charge in [0.1, 0.15) is 11.6 Å². The second-order valence-electron chi connectivity index (χ2n) is 46.6. The highest BCUT2D eigenvalue weighted by Gasteiger charge is 2.67. The third kappa shape index (κ3) is 17.1. The molecular weight excluding hydrogens is 1510 g/mol. The molecule has 16 aliphatic rings. The number of Topliss-reactive ketones (excluding diaryl/α,β-unsaturated/α-hetero) is 2. The van der Waals surface area contributed by atoms with Crippen LogP contribution in [0.5, 0.6) is 0 Å². The van der Waals surface area contributed by atoms with Crippen molar-refractivity contribution in [2.24, 2.45) is 162 Å². The Morgan fingerprint density at radius 3 is 1.11 bits per heavy atom. The molecule has 668 valence electrons. The van der Waals surface area contributed by atoms with E-state index in [1.807, 2.05) is 68.1 Å². The van der Waals surface area contributed by atoms with Gasteiger partial charge in [0.2, 0.25) is 0 Å². The number of pyridine rings is 4. The van der Waals surface area contributed by atoms with Crippen LogP contribution in [0.25, 0.3) is 6.08 Å². The second kappa shape index (κ2) is 36.4. The Morgan fingerprint density at radius 2 is 0.721 bits per heavy atom. The second-order valence-corrected chi connectivity index (χ2v) is 46.6. The van der Waals surface area contributed by atoms with Gasteiger partial charge in [-0.05, 0) is 467 Å². The summed E-state index contributed by atoms with van der Waals surface area (Å²) in [5, 5.41) is 52.5. The molecule has 16 saturated carbocycles. The molecule has 13 heteroatoms. The number of ketones is 3. The summed E-state index contributed by atoms with van der Waals surface area (Å²) in [5.41, 5.74) is 6.08. The first-order valence-corrected chi connectivity index (χ1v) is 50.1. The summed E-state index contributed by atoms with van der Waals surface area (Å²) in [6, 6.07) is 15.5. The lowest BCUT2D eigenvalue weighted by atomic mass is 9.44. The maximum absolute atomic E-state index is 13.3. The molecule has 33 atom stereocenters. The largest absolute Gasteiger partial charge is 0.393 e. The van der Waals surface area contributed by atoms with E-state index in [0.717, 1.165) is 179 Å². The molecule has 5 N–H and O–H groups in total. The Labute approximate surface area is 734 Å². The third-order valence-electron chi connectivity index (χ3n) is 41.5. The van der Waals surface area contributed by atoms with E-state index in [2.05, 4.69) is 94.4 Å². The maximum atomic E-state index is 13.3. The molecule has 4 heterocycles. The van der Waals surface area contributed by atoms with Gasteiger partial charge in [-0.15, -0.1) is 0 Å². The van der Waals surface area contributed by atoms with Gasteiger partial charge in [-0.2, -0.15) is 0 Å². The number of allylic oxidation sites excluding steroid dienone is 1. The molecule has 16 fully saturated rings. The number of hydrogen-bond acceptors (Lipinski definition) is 13. The highest BCUT2D eigenvalue weighted by atomic mass is 16.3. The molecule has 0 aromatic carbocycles. The SMILES string of the molecule is CC(=O)[C@H]1CC[C@H]2[C@@H]3CCC4C[C@@H](O)CC[C@]4(C)[C@H]3CC[C@]12C.C[C@]12CC[C@H]3[C@@H](CCC4C[C@@H](O)CC[C@@]43C)[C@@H]1CC[C@@H]2C(=O)/C=C/c1cccnc1.C[C@]12CC[C@H]3[C@@H](CCC4C[C@@H](O)CC[C@@]43C)[C@@H]1CC[C@@H]2C(=O)CCc1cccnc1.C[C@]12CC[C@H]3[C@@H](CCC4C[C@@H](O)CC[C@@]43C)[C@@H]1CC[C@@H]2[C@](C)(O)CCc1cccnc1.O=Cc1cccnc1. The minimum absolute atomic E-state index is 0.0490. The van der Waals surface area contributed by atoms with E-state index in [9.17, 15) is 44.7 Å². The van der Waals surface area contributed by atoms with Crippen LogP contribution >= 0.6 is 0 Å². The van der Waals surface area contributed by atoms with Gasteiger partial charge in [0.25, 0.3) is 0 Å². The van der Waals surface area contributed by atoms with Crippen molar-refractivity contribution in [1.29, 1.82) is 0 Å². The van der Waals surface area contributed by atoms with Crippen molar-refractivity contribution in [1.82, 2.24) is 19.9 Å². The fourth-order valence-corrected chi connectivity index (χ4v) is 34.9. The Balaban J connectivity index is 0.000000117. The average Bonchev–Trinajstić information content (AvgIpc) is 1.48. The lowest BCUT2D eigenvalue weighted by Gasteiger charge is -2.61. The van der Waals surface area contributed by atoms with Crippen molar-refractivity contribution in [2.75, 3.05) is 0 Å². The standard InChI is InChI=1S/C28H43NO2.C27H39NO2.C27H37NO2.C21H34O2.C6H5NO/c1-26-13-11-21(30)17-20(26)6-7-22-23-8-9-25(27(23,2)14-12-24(22)26)28(3,31)15-10-19-5-4-16-29-18-19;2*1-26-13-11-20(29)16-19(26)6-7-21-22-8-9-24(27(22,2)14-12-23(21)26)25(30)10-5-18-4-3-15-28-17-18;1-13(22)17-6-7-18-16-5-4-14-12-15(23)8-10-20(14,2)19(16)9-11-21(17,18)3;8-5-6-2-1-3-7-4-6/h4-5,16,18,20-25,30-31H,6-15,17H2,1-3H3;3-4,15,17,19-24,29H,5-14,16H2,1-2H3;3-5,10,15,17,19-24,29H,6-9,11-14,16H2,1-2H3;14-19,23H,4-12H2,1-3H3;1-5H/b;;10-5+;;/t20?,21-,22-,23-,24-,25-,26-,27-,28+;2*19?,20-,21-,22-,23-,24+,26-,27-;14?,15-,16-,17+,18-,19-,20-,21+;/m0000./s1. The summed E-state index contributed by atoms with van der Waals surface area (Å²) in [4.78, 5) is 65.0. The van der Waals surface area contributed by atoms with Gasteiger partial charge in [0.15, 0.2) is 12.1 Å². The fraction of sp³-hybridized carbons (Fsp3) is 0.761. The van der Waals surface area contributed by atoms with Gasteiger partial charge in [-0.3, -0.25) is 39.1 Å². The van der Waals surface area contributed by atoms with Gasteiger partial charge in [0, 0.05) is 79.3 Å². The zero-order valence-electron chi connectivity index (χ0n) is 76.8. The molecule has 0 amide bonds. The molecule has 0 spiro atoms. The van der Waals surface area contributed by atoms with E-state index in [1.54, 1.807) is 30.7 Å². The number of aldehydes is 1. The molecule has 0 saturated heterocycles. The van der Waals surface area contributed by atoms with Gasteiger partial charge >= 0.3 is 0 Å². The maximum Gasteiger partial charge on any atom is 0.159 e. The van der Waals surface area contributed by atoms with Crippen LogP contribution in [0.15, 0.2) is 104 Å². The molecule has 16 aliphatic carbocycles. The summed E-state index contributed by atoms with van der Waals surface area (Å²) in [6.45, 7) is 24.0. The number of aryl methyl sites for hydroxylation is 2. The summed E-state index contributed by atoms with van der Waals surface area (Å²) >= 11 is 0. The smallest absolute Gasteiger partial charge is 0.159 e. The van der Waals surface area contributed by atoms with Crippen LogP contribution in [0.1, 0.15) is 340 Å². The molecular formula is C109H158N4O9. The Morgan fingerprint density at radius 1 is 0.385 bits per heavy atom.